The van der Waals surface area contributed by atoms with Gasteiger partial charge in [-0.05, 0) is 35.4 Å². The highest BCUT2D eigenvalue weighted by Gasteiger charge is 2.35. The van der Waals surface area contributed by atoms with Gasteiger partial charge in [-0.1, -0.05) is 12.1 Å². The molecule has 2 aromatic carbocycles. The molecule has 0 heterocycles. The first-order valence-corrected chi connectivity index (χ1v) is 7.88. The van der Waals surface area contributed by atoms with E-state index in [0.29, 0.717) is 16.7 Å². The van der Waals surface area contributed by atoms with E-state index >= 15 is 0 Å². The number of nitriles is 1. The summed E-state index contributed by atoms with van der Waals surface area (Å²) in [5.74, 6) is -0.988. The van der Waals surface area contributed by atoms with Crippen molar-refractivity contribution in [3.05, 3.63) is 77.1 Å². The van der Waals surface area contributed by atoms with Crippen molar-refractivity contribution < 1.29 is 24.1 Å². The summed E-state index contributed by atoms with van der Waals surface area (Å²) in [4.78, 5) is 0. The fourth-order valence-corrected chi connectivity index (χ4v) is 2.85. The van der Waals surface area contributed by atoms with Gasteiger partial charge in [0.05, 0.1) is 18.2 Å². The van der Waals surface area contributed by atoms with Crippen molar-refractivity contribution in [2.45, 2.75) is 18.6 Å². The lowest BCUT2D eigenvalue weighted by Crippen LogP contribution is -2.28. The third kappa shape index (κ3) is 4.09. The fourth-order valence-electron chi connectivity index (χ4n) is 2.85. The molecule has 6 heteroatoms. The summed E-state index contributed by atoms with van der Waals surface area (Å²) < 4.78 is 23.6. The van der Waals surface area contributed by atoms with Crippen LogP contribution in [0.5, 0.6) is 5.75 Å². The Bertz CT molecular complexity index is 831. The Morgan fingerprint density at radius 2 is 2.00 bits per heavy atom. The van der Waals surface area contributed by atoms with Crippen LogP contribution in [-0.4, -0.2) is 24.1 Å². The van der Waals surface area contributed by atoms with Crippen molar-refractivity contribution in [1.29, 1.82) is 5.26 Å². The number of methoxy groups -OCH3 is 1. The third-order valence-electron chi connectivity index (χ3n) is 3.98. The first-order valence-electron chi connectivity index (χ1n) is 7.88. The minimum Gasteiger partial charge on any atom is -0.507 e. The number of ether oxygens (including phenoxy) is 2. The van der Waals surface area contributed by atoms with Crippen LogP contribution in [0.15, 0.2) is 49.1 Å². The molecule has 0 unspecified atom stereocenters. The summed E-state index contributed by atoms with van der Waals surface area (Å²) in [6.45, 7) is 3.79. The van der Waals surface area contributed by atoms with E-state index in [0.717, 1.165) is 12.1 Å². The Hall–Kier alpha value is -2.72. The summed E-state index contributed by atoms with van der Waals surface area (Å²) in [6.07, 6.45) is 1.57. The van der Waals surface area contributed by atoms with E-state index in [9.17, 15) is 14.6 Å². The Kier molecular flexibility index (Phi) is 6.47. The summed E-state index contributed by atoms with van der Waals surface area (Å²) in [5, 5.41) is 30.7. The smallest absolute Gasteiger partial charge is 0.146 e. The van der Waals surface area contributed by atoms with Crippen LogP contribution < -0.4 is 0 Å². The standard InChI is InChI=1S/C20H20FNO4/c1-3-8-20(24,18-7-5-16(21)10-19(18)23)17-6-4-14(11-22)9-15(17)12-26-13-25-2/h3-7,9-10,23-24H,1,8,12-13H2,2H3/t20-/m1/s1. The molecule has 1 atom stereocenters. The van der Waals surface area contributed by atoms with Crippen molar-refractivity contribution in [3.63, 3.8) is 0 Å². The molecule has 0 aliphatic heterocycles. The van der Waals surface area contributed by atoms with Crippen LogP contribution in [0.3, 0.4) is 0 Å². The second-order valence-corrected chi connectivity index (χ2v) is 5.75. The Morgan fingerprint density at radius 3 is 2.62 bits per heavy atom. The zero-order valence-electron chi connectivity index (χ0n) is 14.4. The minimum absolute atomic E-state index is 0.0396. The molecule has 0 fully saturated rings. The molecule has 2 aromatic rings. The number of aromatic hydroxyl groups is 1. The van der Waals surface area contributed by atoms with E-state index in [-0.39, 0.29) is 31.1 Å². The molecule has 0 bridgehead atoms. The SMILES string of the molecule is C=CC[C@](O)(c1ccc(F)cc1O)c1ccc(C#N)cc1COCOC. The molecule has 0 spiro atoms. The number of halogens is 1. The van der Waals surface area contributed by atoms with E-state index < -0.39 is 11.4 Å². The van der Waals surface area contributed by atoms with Crippen LogP contribution in [0.1, 0.15) is 28.7 Å². The van der Waals surface area contributed by atoms with E-state index in [1.54, 1.807) is 18.2 Å². The predicted octanol–water partition coefficient (Wildman–Crippen LogP) is 3.34. The molecule has 0 radical (unpaired) electrons. The van der Waals surface area contributed by atoms with Gasteiger partial charge in [-0.15, -0.1) is 6.58 Å². The molecule has 136 valence electrons. The lowest BCUT2D eigenvalue weighted by atomic mass is 9.80. The highest BCUT2D eigenvalue weighted by atomic mass is 19.1. The van der Waals surface area contributed by atoms with Gasteiger partial charge in [-0.25, -0.2) is 4.39 Å². The zero-order chi connectivity index (χ0) is 19.2. The van der Waals surface area contributed by atoms with Crippen LogP contribution in [0, 0.1) is 17.1 Å². The van der Waals surface area contributed by atoms with Crippen LogP contribution in [0.25, 0.3) is 0 Å². The molecule has 0 amide bonds. The molecule has 5 nitrogen and oxygen atoms in total. The number of aliphatic hydroxyl groups is 1. The fraction of sp³-hybridized carbons (Fsp3) is 0.250. The number of hydrogen-bond donors (Lipinski definition) is 2. The zero-order valence-corrected chi connectivity index (χ0v) is 14.4. The second-order valence-electron chi connectivity index (χ2n) is 5.75. The summed E-state index contributed by atoms with van der Waals surface area (Å²) >= 11 is 0. The van der Waals surface area contributed by atoms with Gasteiger partial charge < -0.3 is 19.7 Å². The molecule has 0 aromatic heterocycles. The Balaban J connectivity index is 2.61. The molecule has 2 N–H and O–H groups in total. The molecule has 0 saturated heterocycles. The van der Waals surface area contributed by atoms with Gasteiger partial charge in [-0.2, -0.15) is 5.26 Å². The van der Waals surface area contributed by atoms with Crippen molar-refractivity contribution >= 4 is 0 Å². The number of hydrogen-bond acceptors (Lipinski definition) is 5. The molecular formula is C20H20FNO4. The van der Waals surface area contributed by atoms with Gasteiger partial charge in [0.25, 0.3) is 0 Å². The van der Waals surface area contributed by atoms with Crippen molar-refractivity contribution in [1.82, 2.24) is 0 Å². The Labute approximate surface area is 151 Å². The number of phenols is 1. The maximum absolute atomic E-state index is 13.4. The second kappa shape index (κ2) is 8.59. The molecule has 26 heavy (non-hydrogen) atoms. The first kappa shape index (κ1) is 19.6. The van der Waals surface area contributed by atoms with Crippen molar-refractivity contribution in [2.24, 2.45) is 0 Å². The first-order chi connectivity index (χ1) is 12.5. The van der Waals surface area contributed by atoms with Gasteiger partial charge >= 0.3 is 0 Å². The van der Waals surface area contributed by atoms with Crippen molar-refractivity contribution in [3.8, 4) is 11.8 Å². The molecule has 0 saturated carbocycles. The summed E-state index contributed by atoms with van der Waals surface area (Å²) in [6, 6.07) is 10.2. The predicted molar refractivity (Wildman–Crippen MR) is 93.7 cm³/mol. The Morgan fingerprint density at radius 1 is 1.27 bits per heavy atom. The van der Waals surface area contributed by atoms with Gasteiger partial charge in [0, 0.05) is 25.2 Å². The molecule has 0 aliphatic rings. The average Bonchev–Trinajstić information content (AvgIpc) is 2.61. The van der Waals surface area contributed by atoms with E-state index in [4.69, 9.17) is 14.7 Å². The maximum atomic E-state index is 13.4. The van der Waals surface area contributed by atoms with Gasteiger partial charge in [0.2, 0.25) is 0 Å². The van der Waals surface area contributed by atoms with Gasteiger partial charge in [0.1, 0.15) is 24.0 Å². The normalized spacial score (nSPS) is 13.0. The van der Waals surface area contributed by atoms with Crippen LogP contribution in [0.4, 0.5) is 4.39 Å². The largest absolute Gasteiger partial charge is 0.507 e. The average molecular weight is 357 g/mol. The lowest BCUT2D eigenvalue weighted by molar-refractivity contribution is -0.0403. The van der Waals surface area contributed by atoms with E-state index in [1.165, 1.54) is 19.3 Å². The van der Waals surface area contributed by atoms with Crippen molar-refractivity contribution in [2.75, 3.05) is 13.9 Å². The number of nitrogens with zero attached hydrogens (tertiary/aromatic N) is 1. The van der Waals surface area contributed by atoms with Gasteiger partial charge in [0.15, 0.2) is 0 Å². The van der Waals surface area contributed by atoms with Crippen LogP contribution in [-0.2, 0) is 21.7 Å². The summed E-state index contributed by atoms with van der Waals surface area (Å²) in [5.41, 5.74) is -0.159. The molecule has 2 rings (SSSR count). The minimum atomic E-state index is -1.67. The topological polar surface area (TPSA) is 82.7 Å². The third-order valence-corrected chi connectivity index (χ3v) is 3.98. The number of phenolic OH excluding ortho intramolecular Hbond substituents is 1. The maximum Gasteiger partial charge on any atom is 0.146 e. The lowest BCUT2D eigenvalue weighted by Gasteiger charge is -2.31. The molecular weight excluding hydrogens is 337 g/mol. The highest BCUT2D eigenvalue weighted by molar-refractivity contribution is 5.49. The van der Waals surface area contributed by atoms with E-state index in [2.05, 4.69) is 6.58 Å². The van der Waals surface area contributed by atoms with Gasteiger partial charge in [-0.3, -0.25) is 0 Å². The number of rotatable bonds is 8. The van der Waals surface area contributed by atoms with E-state index in [1.807, 2.05) is 6.07 Å². The summed E-state index contributed by atoms with van der Waals surface area (Å²) in [7, 11) is 1.48. The molecule has 0 aliphatic carbocycles. The quantitative estimate of drug-likeness (QED) is 0.430. The monoisotopic (exact) mass is 357 g/mol. The van der Waals surface area contributed by atoms with Crippen LogP contribution >= 0.6 is 0 Å². The number of benzene rings is 2. The van der Waals surface area contributed by atoms with Crippen LogP contribution in [0.2, 0.25) is 0 Å². The highest BCUT2D eigenvalue weighted by Crippen LogP contribution is 2.40.